The molecular weight excluding hydrogens is 374 g/mol. The van der Waals surface area contributed by atoms with Gasteiger partial charge in [-0.3, -0.25) is 19.9 Å². The van der Waals surface area contributed by atoms with Crippen molar-refractivity contribution in [2.24, 2.45) is 5.92 Å². The molecule has 28 heavy (non-hydrogen) atoms. The second kappa shape index (κ2) is 8.22. The van der Waals surface area contributed by atoms with E-state index in [-0.39, 0.29) is 35.1 Å². The Labute approximate surface area is 168 Å². The molecular formula is C20H23N5O2S. The number of nitrogens with zero attached hydrogens (tertiary/aromatic N) is 1. The fourth-order valence-corrected chi connectivity index (χ4v) is 4.26. The Morgan fingerprint density at radius 2 is 1.93 bits per heavy atom. The molecule has 7 nitrogen and oxygen atoms in total. The standard InChI is InChI=1S/C20H23N5O2S/c1-13-7-5-6-10-16(13)22-17(26)12-28-20-23-18-15(19(27)24-20)11-21-25(18)14-8-3-2-4-9-14/h2-10,15,18,20-21,23H,11-12H2,1H3,(H,22,26)(H,24,27). The van der Waals surface area contributed by atoms with Crippen LogP contribution in [0.2, 0.25) is 0 Å². The maximum atomic E-state index is 12.5. The first-order valence-corrected chi connectivity index (χ1v) is 10.3. The quantitative estimate of drug-likeness (QED) is 0.614. The van der Waals surface area contributed by atoms with Crippen LogP contribution >= 0.6 is 11.8 Å². The highest BCUT2D eigenvalue weighted by Crippen LogP contribution is 2.26. The van der Waals surface area contributed by atoms with Crippen LogP contribution in [0.3, 0.4) is 0 Å². The van der Waals surface area contributed by atoms with Gasteiger partial charge in [-0.05, 0) is 30.7 Å². The summed E-state index contributed by atoms with van der Waals surface area (Å²) in [5.41, 5.74) is 5.78. The van der Waals surface area contributed by atoms with Crippen molar-refractivity contribution >= 4 is 35.0 Å². The number of nitrogens with one attached hydrogen (secondary N) is 4. The van der Waals surface area contributed by atoms with Crippen LogP contribution in [0.1, 0.15) is 5.56 Å². The molecule has 0 aliphatic carbocycles. The molecule has 4 N–H and O–H groups in total. The second-order valence-electron chi connectivity index (χ2n) is 6.85. The van der Waals surface area contributed by atoms with Crippen molar-refractivity contribution in [2.75, 3.05) is 22.6 Å². The molecule has 3 unspecified atom stereocenters. The van der Waals surface area contributed by atoms with Gasteiger partial charge in [0.25, 0.3) is 0 Å². The van der Waals surface area contributed by atoms with Gasteiger partial charge in [0.15, 0.2) is 0 Å². The van der Waals surface area contributed by atoms with Crippen molar-refractivity contribution in [1.29, 1.82) is 0 Å². The van der Waals surface area contributed by atoms with E-state index >= 15 is 0 Å². The predicted octanol–water partition coefficient (Wildman–Crippen LogP) is 1.64. The zero-order chi connectivity index (χ0) is 19.5. The molecule has 0 bridgehead atoms. The van der Waals surface area contributed by atoms with Gasteiger partial charge < -0.3 is 10.6 Å². The van der Waals surface area contributed by atoms with Crippen LogP contribution in [-0.2, 0) is 9.59 Å². The maximum absolute atomic E-state index is 12.5. The molecule has 2 aliphatic heterocycles. The van der Waals surface area contributed by atoms with E-state index in [4.69, 9.17) is 0 Å². The fourth-order valence-electron chi connectivity index (χ4n) is 3.44. The highest BCUT2D eigenvalue weighted by atomic mass is 32.2. The Bertz CT molecular complexity index is 863. The lowest BCUT2D eigenvalue weighted by atomic mass is 10.1. The van der Waals surface area contributed by atoms with Crippen molar-refractivity contribution in [3.05, 3.63) is 60.2 Å². The van der Waals surface area contributed by atoms with Crippen LogP contribution in [0.25, 0.3) is 0 Å². The monoisotopic (exact) mass is 397 g/mol. The third-order valence-corrected chi connectivity index (χ3v) is 5.92. The van der Waals surface area contributed by atoms with Gasteiger partial charge in [-0.2, -0.15) is 0 Å². The van der Waals surface area contributed by atoms with E-state index in [0.717, 1.165) is 16.9 Å². The van der Waals surface area contributed by atoms with Gasteiger partial charge in [0, 0.05) is 12.2 Å². The molecule has 0 spiro atoms. The second-order valence-corrected chi connectivity index (χ2v) is 7.94. The van der Waals surface area contributed by atoms with Crippen LogP contribution in [0.5, 0.6) is 0 Å². The molecule has 0 aromatic heterocycles. The maximum Gasteiger partial charge on any atom is 0.234 e. The van der Waals surface area contributed by atoms with Gasteiger partial charge in [0.05, 0.1) is 17.4 Å². The Kier molecular flexibility index (Phi) is 5.52. The van der Waals surface area contributed by atoms with Crippen LogP contribution in [0.15, 0.2) is 54.6 Å². The first kappa shape index (κ1) is 18.8. The normalized spacial score (nSPS) is 23.8. The number of thioether (sulfide) groups is 1. The summed E-state index contributed by atoms with van der Waals surface area (Å²) in [4.78, 5) is 24.8. The van der Waals surface area contributed by atoms with Crippen LogP contribution in [0.4, 0.5) is 11.4 Å². The van der Waals surface area contributed by atoms with E-state index < -0.39 is 0 Å². The summed E-state index contributed by atoms with van der Waals surface area (Å²) in [7, 11) is 0. The van der Waals surface area contributed by atoms with E-state index in [0.29, 0.717) is 6.54 Å². The molecule has 2 aromatic rings. The van der Waals surface area contributed by atoms with E-state index in [1.54, 1.807) is 0 Å². The van der Waals surface area contributed by atoms with Crippen LogP contribution in [-0.4, -0.2) is 35.8 Å². The predicted molar refractivity (Wildman–Crippen MR) is 112 cm³/mol. The molecule has 2 fully saturated rings. The average molecular weight is 398 g/mol. The average Bonchev–Trinajstić information content (AvgIpc) is 3.13. The summed E-state index contributed by atoms with van der Waals surface area (Å²) in [6.45, 7) is 2.53. The van der Waals surface area contributed by atoms with Gasteiger partial charge in [-0.25, -0.2) is 5.43 Å². The summed E-state index contributed by atoms with van der Waals surface area (Å²) >= 11 is 1.37. The molecule has 2 heterocycles. The number of hydrogen-bond donors (Lipinski definition) is 4. The number of anilines is 2. The lowest BCUT2D eigenvalue weighted by Crippen LogP contribution is -2.63. The number of aryl methyl sites for hydroxylation is 1. The molecule has 3 atom stereocenters. The smallest absolute Gasteiger partial charge is 0.234 e. The van der Waals surface area contributed by atoms with Gasteiger partial charge >= 0.3 is 0 Å². The Balaban J connectivity index is 1.36. The number of carbonyl (C=O) groups excluding carboxylic acids is 2. The number of carbonyl (C=O) groups is 2. The van der Waals surface area contributed by atoms with E-state index in [9.17, 15) is 9.59 Å². The Hall–Kier alpha value is -2.55. The number of benzene rings is 2. The summed E-state index contributed by atoms with van der Waals surface area (Å²) < 4.78 is 0. The van der Waals surface area contributed by atoms with Crippen LogP contribution in [0, 0.1) is 12.8 Å². The minimum absolute atomic E-state index is 0.00788. The highest BCUT2D eigenvalue weighted by molar-refractivity contribution is 8.00. The Morgan fingerprint density at radius 3 is 2.71 bits per heavy atom. The van der Waals surface area contributed by atoms with Crippen molar-refractivity contribution in [2.45, 2.75) is 18.6 Å². The molecule has 8 heteroatoms. The summed E-state index contributed by atoms with van der Waals surface area (Å²) in [5.74, 6) is -0.0473. The van der Waals surface area contributed by atoms with E-state index in [1.165, 1.54) is 11.8 Å². The van der Waals surface area contributed by atoms with Gasteiger partial charge in [-0.15, -0.1) is 11.8 Å². The summed E-state index contributed by atoms with van der Waals surface area (Å²) in [5, 5.41) is 11.3. The molecule has 2 amide bonds. The summed E-state index contributed by atoms with van der Waals surface area (Å²) in [6.07, 6.45) is -0.159. The van der Waals surface area contributed by atoms with Gasteiger partial charge in [-0.1, -0.05) is 36.4 Å². The zero-order valence-electron chi connectivity index (χ0n) is 15.5. The van der Waals surface area contributed by atoms with Crippen LogP contribution < -0.4 is 26.4 Å². The molecule has 4 rings (SSSR count). The fraction of sp³-hybridized carbons (Fsp3) is 0.300. The van der Waals surface area contributed by atoms with Gasteiger partial charge in [0.2, 0.25) is 11.8 Å². The number of hydrazine groups is 1. The van der Waals surface area contributed by atoms with E-state index in [1.807, 2.05) is 66.5 Å². The number of amides is 2. The highest BCUT2D eigenvalue weighted by Gasteiger charge is 2.44. The number of hydrogen-bond acceptors (Lipinski definition) is 6. The van der Waals surface area contributed by atoms with Crippen molar-refractivity contribution in [3.8, 4) is 0 Å². The lowest BCUT2D eigenvalue weighted by Gasteiger charge is -2.37. The van der Waals surface area contributed by atoms with Crippen molar-refractivity contribution in [3.63, 3.8) is 0 Å². The molecule has 2 aliphatic rings. The van der Waals surface area contributed by atoms with Gasteiger partial charge in [0.1, 0.15) is 11.7 Å². The van der Waals surface area contributed by atoms with Crippen molar-refractivity contribution in [1.82, 2.24) is 16.1 Å². The molecule has 0 saturated carbocycles. The minimum Gasteiger partial charge on any atom is -0.331 e. The SMILES string of the molecule is Cc1ccccc1NC(=O)CSC1NC(=O)C2CNN(c3ccccc3)C2N1. The lowest BCUT2D eigenvalue weighted by molar-refractivity contribution is -0.127. The topological polar surface area (TPSA) is 85.5 Å². The first-order chi connectivity index (χ1) is 13.6. The third-order valence-electron chi connectivity index (χ3n) is 4.91. The number of rotatable bonds is 5. The number of para-hydroxylation sites is 2. The first-order valence-electron chi connectivity index (χ1n) is 9.23. The molecule has 146 valence electrons. The van der Waals surface area contributed by atoms with Crippen molar-refractivity contribution < 1.29 is 9.59 Å². The molecule has 2 aromatic carbocycles. The Morgan fingerprint density at radius 1 is 1.18 bits per heavy atom. The molecule has 0 radical (unpaired) electrons. The van der Waals surface area contributed by atoms with E-state index in [2.05, 4.69) is 21.4 Å². The summed E-state index contributed by atoms with van der Waals surface area (Å²) in [6, 6.07) is 17.6. The minimum atomic E-state index is -0.331. The largest absolute Gasteiger partial charge is 0.331 e. The molecule has 2 saturated heterocycles. The third kappa shape index (κ3) is 3.99. The number of fused-ring (bicyclic) bond motifs is 1. The zero-order valence-corrected chi connectivity index (χ0v) is 16.3.